The highest BCUT2D eigenvalue weighted by atomic mass is 32.2. The van der Waals surface area contributed by atoms with Crippen LogP contribution in [0.15, 0.2) is 34.7 Å². The van der Waals surface area contributed by atoms with Crippen molar-refractivity contribution in [3.05, 3.63) is 34.7 Å². The van der Waals surface area contributed by atoms with Crippen LogP contribution >= 0.6 is 35.7 Å². The second-order valence-electron chi connectivity index (χ2n) is 3.88. The minimum Gasteiger partial charge on any atom is -0.369 e. The molecule has 0 aromatic carbocycles. The van der Waals surface area contributed by atoms with Crippen LogP contribution in [0.25, 0.3) is 0 Å². The summed E-state index contributed by atoms with van der Waals surface area (Å²) in [7, 11) is 2.06. The summed E-state index contributed by atoms with van der Waals surface area (Å²) in [4.78, 5) is 16.5. The fraction of sp³-hybridized carbons (Fsp3) is 0.333. The third kappa shape index (κ3) is 2.81. The van der Waals surface area contributed by atoms with Gasteiger partial charge in [-0.3, -0.25) is 9.69 Å². The van der Waals surface area contributed by atoms with Gasteiger partial charge in [0.2, 0.25) is 0 Å². The molecule has 2 rings (SSSR count). The Kier molecular flexibility index (Phi) is 4.53. The fourth-order valence-corrected chi connectivity index (χ4v) is 3.90. The predicted molar refractivity (Wildman–Crippen MR) is 83.4 cm³/mol. The van der Waals surface area contributed by atoms with Crippen molar-refractivity contribution in [2.75, 3.05) is 25.9 Å². The maximum absolute atomic E-state index is 12.0. The number of amides is 1. The summed E-state index contributed by atoms with van der Waals surface area (Å²) in [6.45, 7) is 5.17. The van der Waals surface area contributed by atoms with E-state index >= 15 is 0 Å². The monoisotopic (exact) mass is 298 g/mol. The summed E-state index contributed by atoms with van der Waals surface area (Å²) in [6, 6.07) is 0. The number of hydrogen-bond donors (Lipinski definition) is 0. The van der Waals surface area contributed by atoms with Crippen molar-refractivity contribution >= 4 is 46.0 Å². The summed E-state index contributed by atoms with van der Waals surface area (Å²) in [6.07, 6.45) is 5.55. The van der Waals surface area contributed by atoms with Gasteiger partial charge < -0.3 is 4.90 Å². The Bertz CT molecular complexity index is 456. The zero-order valence-electron chi connectivity index (χ0n) is 10.1. The molecule has 0 aromatic heterocycles. The second kappa shape index (κ2) is 5.95. The molecule has 0 N–H and O–H groups in total. The van der Waals surface area contributed by atoms with E-state index in [2.05, 4.69) is 18.5 Å². The van der Waals surface area contributed by atoms with Crippen molar-refractivity contribution in [2.45, 2.75) is 0 Å². The summed E-state index contributed by atoms with van der Waals surface area (Å²) in [5, 5.41) is 1.20. The van der Waals surface area contributed by atoms with Gasteiger partial charge in [0.1, 0.15) is 4.32 Å². The number of thiocarbonyl (C=S) groups is 1. The van der Waals surface area contributed by atoms with Gasteiger partial charge in [-0.15, -0.1) is 18.3 Å². The van der Waals surface area contributed by atoms with Crippen molar-refractivity contribution in [3.8, 4) is 0 Å². The summed E-state index contributed by atoms with van der Waals surface area (Å²) < 4.78 is 0.608. The molecule has 6 heteroatoms. The SMILES string of the molecule is C=CCN1C(=O)/C(=C/C=C2/SCCN2C)SC1=S. The number of nitrogens with zero attached hydrogens (tertiary/aromatic N) is 2. The van der Waals surface area contributed by atoms with Gasteiger partial charge in [-0.1, -0.05) is 30.1 Å². The Morgan fingerprint density at radius 3 is 2.89 bits per heavy atom. The fourth-order valence-electron chi connectivity index (χ4n) is 1.63. The van der Waals surface area contributed by atoms with Crippen LogP contribution < -0.4 is 0 Å². The maximum Gasteiger partial charge on any atom is 0.266 e. The van der Waals surface area contributed by atoms with Gasteiger partial charge >= 0.3 is 0 Å². The number of rotatable bonds is 3. The van der Waals surface area contributed by atoms with Crippen molar-refractivity contribution < 1.29 is 4.79 Å². The number of allylic oxidation sites excluding steroid dienone is 2. The van der Waals surface area contributed by atoms with Crippen LogP contribution in [0.4, 0.5) is 0 Å². The molecule has 2 heterocycles. The highest BCUT2D eigenvalue weighted by Gasteiger charge is 2.30. The third-order valence-electron chi connectivity index (χ3n) is 2.62. The average Bonchev–Trinajstić information content (AvgIpc) is 2.86. The third-order valence-corrected chi connectivity index (χ3v) is 5.14. The molecular formula is C12H14N2OS3. The van der Waals surface area contributed by atoms with Crippen molar-refractivity contribution in [1.29, 1.82) is 0 Å². The molecule has 2 saturated heterocycles. The molecule has 0 aliphatic carbocycles. The molecule has 0 atom stereocenters. The molecule has 1 amide bonds. The Labute approximate surface area is 121 Å². The Morgan fingerprint density at radius 2 is 2.28 bits per heavy atom. The van der Waals surface area contributed by atoms with Gasteiger partial charge in [-0.25, -0.2) is 0 Å². The van der Waals surface area contributed by atoms with Gasteiger partial charge in [-0.2, -0.15) is 0 Å². The molecule has 96 valence electrons. The van der Waals surface area contributed by atoms with Crippen molar-refractivity contribution in [3.63, 3.8) is 0 Å². The smallest absolute Gasteiger partial charge is 0.266 e. The molecule has 0 bridgehead atoms. The van der Waals surface area contributed by atoms with E-state index in [1.807, 2.05) is 12.2 Å². The van der Waals surface area contributed by atoms with E-state index in [1.54, 1.807) is 22.7 Å². The summed E-state index contributed by atoms with van der Waals surface area (Å²) in [5.74, 6) is 1.08. The van der Waals surface area contributed by atoms with E-state index in [0.717, 1.165) is 12.3 Å². The van der Waals surface area contributed by atoms with Crippen LogP contribution in [-0.4, -0.2) is 45.9 Å². The van der Waals surface area contributed by atoms with Crippen LogP contribution in [0.1, 0.15) is 0 Å². The topological polar surface area (TPSA) is 23.6 Å². The molecule has 0 radical (unpaired) electrons. The van der Waals surface area contributed by atoms with Gasteiger partial charge in [-0.05, 0) is 12.2 Å². The predicted octanol–water partition coefficient (Wildman–Crippen LogP) is 2.44. The zero-order valence-corrected chi connectivity index (χ0v) is 12.5. The zero-order chi connectivity index (χ0) is 13.1. The lowest BCUT2D eigenvalue weighted by Gasteiger charge is -2.10. The number of carbonyl (C=O) groups is 1. The van der Waals surface area contributed by atoms with E-state index in [9.17, 15) is 4.79 Å². The first-order valence-electron chi connectivity index (χ1n) is 5.54. The van der Waals surface area contributed by atoms with E-state index < -0.39 is 0 Å². The Morgan fingerprint density at radius 1 is 1.50 bits per heavy atom. The average molecular weight is 298 g/mol. The van der Waals surface area contributed by atoms with Gasteiger partial charge in [0, 0.05) is 25.9 Å². The van der Waals surface area contributed by atoms with Crippen molar-refractivity contribution in [2.24, 2.45) is 0 Å². The molecule has 18 heavy (non-hydrogen) atoms. The highest BCUT2D eigenvalue weighted by molar-refractivity contribution is 8.26. The molecule has 0 saturated carbocycles. The normalized spacial score (nSPS) is 24.7. The minimum atomic E-state index is -0.0209. The first-order chi connectivity index (χ1) is 8.63. The lowest BCUT2D eigenvalue weighted by molar-refractivity contribution is -0.121. The molecule has 3 nitrogen and oxygen atoms in total. The van der Waals surface area contributed by atoms with Gasteiger partial charge in [0.25, 0.3) is 5.91 Å². The van der Waals surface area contributed by atoms with E-state index in [4.69, 9.17) is 12.2 Å². The quantitative estimate of drug-likeness (QED) is 0.452. The molecule has 2 aliphatic rings. The molecule has 0 unspecified atom stereocenters. The molecular weight excluding hydrogens is 284 g/mol. The van der Waals surface area contributed by atoms with E-state index in [-0.39, 0.29) is 5.91 Å². The molecule has 2 aliphatic heterocycles. The van der Waals surface area contributed by atoms with Crippen LogP contribution in [0.5, 0.6) is 0 Å². The lowest BCUT2D eigenvalue weighted by atomic mass is 10.4. The van der Waals surface area contributed by atoms with E-state index in [1.165, 1.54) is 16.8 Å². The van der Waals surface area contributed by atoms with Gasteiger partial charge in [0.05, 0.1) is 9.93 Å². The highest BCUT2D eigenvalue weighted by Crippen LogP contribution is 2.32. The van der Waals surface area contributed by atoms with Crippen LogP contribution in [0, 0.1) is 0 Å². The van der Waals surface area contributed by atoms with Crippen molar-refractivity contribution in [1.82, 2.24) is 9.80 Å². The Balaban J connectivity index is 2.13. The van der Waals surface area contributed by atoms with Crippen LogP contribution in [0.2, 0.25) is 0 Å². The van der Waals surface area contributed by atoms with E-state index in [0.29, 0.717) is 15.8 Å². The molecule has 2 fully saturated rings. The first kappa shape index (κ1) is 13.7. The maximum atomic E-state index is 12.0. The summed E-state index contributed by atoms with van der Waals surface area (Å²) >= 11 is 8.34. The lowest BCUT2D eigenvalue weighted by Crippen LogP contribution is -2.27. The largest absolute Gasteiger partial charge is 0.369 e. The number of thioether (sulfide) groups is 2. The number of carbonyl (C=O) groups excluding carboxylic acids is 1. The standard InChI is InChI=1S/C12H14N2OS3/c1-3-6-14-11(15)9(18-12(14)16)4-5-10-13(2)7-8-17-10/h3-5H,1,6-8H2,2H3/b9-4-,10-5+. The second-order valence-corrected chi connectivity index (χ2v) is 6.67. The Hall–Kier alpha value is -0.720. The number of hydrogen-bond acceptors (Lipinski definition) is 5. The molecule has 0 spiro atoms. The van der Waals surface area contributed by atoms with Gasteiger partial charge in [0.15, 0.2) is 0 Å². The van der Waals surface area contributed by atoms with Crippen LogP contribution in [0.3, 0.4) is 0 Å². The summed E-state index contributed by atoms with van der Waals surface area (Å²) in [5.41, 5.74) is 0. The van der Waals surface area contributed by atoms with Crippen LogP contribution in [-0.2, 0) is 4.79 Å². The molecule has 0 aromatic rings. The first-order valence-corrected chi connectivity index (χ1v) is 7.75. The minimum absolute atomic E-state index is 0.0209.